The van der Waals surface area contributed by atoms with Gasteiger partial charge in [-0.2, -0.15) is 0 Å². The maximum absolute atomic E-state index is 14.1. The van der Waals surface area contributed by atoms with Crippen LogP contribution in [0, 0.1) is 5.82 Å². The van der Waals surface area contributed by atoms with Crippen LogP contribution in [0.5, 0.6) is 0 Å². The topological polar surface area (TPSA) is 47.6 Å². The highest BCUT2D eigenvalue weighted by molar-refractivity contribution is 5.82. The Morgan fingerprint density at radius 2 is 2.20 bits per heavy atom. The van der Waals surface area contributed by atoms with Gasteiger partial charge in [-0.25, -0.2) is 4.39 Å². The molecule has 0 unspecified atom stereocenters. The van der Waals surface area contributed by atoms with Crippen molar-refractivity contribution in [1.29, 1.82) is 0 Å². The van der Waals surface area contributed by atoms with Gasteiger partial charge in [0.2, 0.25) is 0 Å². The molecule has 2 N–H and O–H groups in total. The van der Waals surface area contributed by atoms with Crippen LogP contribution in [0.2, 0.25) is 0 Å². The molecule has 1 atom stereocenters. The highest BCUT2D eigenvalue weighted by atomic mass is 19.1. The summed E-state index contributed by atoms with van der Waals surface area (Å²) >= 11 is 0. The van der Waals surface area contributed by atoms with Crippen molar-refractivity contribution in [2.75, 3.05) is 13.2 Å². The van der Waals surface area contributed by atoms with E-state index in [4.69, 9.17) is 10.5 Å². The predicted molar refractivity (Wildman–Crippen MR) is 79.4 cm³/mol. The number of hydrogen-bond donors (Lipinski definition) is 1. The van der Waals surface area contributed by atoms with Crippen LogP contribution in [-0.4, -0.2) is 19.0 Å². The summed E-state index contributed by atoms with van der Waals surface area (Å²) in [4.78, 5) is 4.41. The van der Waals surface area contributed by atoms with Gasteiger partial charge in [0, 0.05) is 5.56 Å². The zero-order chi connectivity index (χ0) is 14.6. The molecule has 4 heteroatoms. The molecule has 0 aliphatic carbocycles. The first-order valence-electron chi connectivity index (χ1n) is 7.26. The standard InChI is InChI=1S/C16H23FN2O/c1-3-4-5-6-12-7-8-14(17)13(9-12)16(2)11-20-10-15(18)19-16/h7-9H,3-6,10-11H2,1-2H3,(H2,18,19)/t16-/m0/s1. The van der Waals surface area contributed by atoms with Crippen molar-refractivity contribution in [3.05, 3.63) is 35.1 Å². The van der Waals surface area contributed by atoms with Crippen molar-refractivity contribution in [1.82, 2.24) is 0 Å². The second kappa shape index (κ2) is 6.35. The van der Waals surface area contributed by atoms with Crippen LogP contribution >= 0.6 is 0 Å². The van der Waals surface area contributed by atoms with E-state index >= 15 is 0 Å². The van der Waals surface area contributed by atoms with Crippen molar-refractivity contribution in [3.8, 4) is 0 Å². The fourth-order valence-electron chi connectivity index (χ4n) is 2.59. The Morgan fingerprint density at radius 3 is 2.90 bits per heavy atom. The van der Waals surface area contributed by atoms with Crippen LogP contribution < -0.4 is 5.73 Å². The van der Waals surface area contributed by atoms with Crippen LogP contribution in [0.4, 0.5) is 4.39 Å². The summed E-state index contributed by atoms with van der Waals surface area (Å²) in [7, 11) is 0. The van der Waals surface area contributed by atoms with E-state index in [1.54, 1.807) is 0 Å². The Morgan fingerprint density at radius 1 is 1.40 bits per heavy atom. The van der Waals surface area contributed by atoms with Crippen LogP contribution in [0.3, 0.4) is 0 Å². The Bertz CT molecular complexity index is 501. The Labute approximate surface area is 120 Å². The van der Waals surface area contributed by atoms with Gasteiger partial charge in [-0.1, -0.05) is 31.9 Å². The van der Waals surface area contributed by atoms with Crippen molar-refractivity contribution in [2.45, 2.75) is 45.1 Å². The maximum Gasteiger partial charge on any atom is 0.128 e. The predicted octanol–water partition coefficient (Wildman–Crippen LogP) is 3.16. The molecule has 1 aromatic rings. The van der Waals surface area contributed by atoms with Crippen LogP contribution in [0.25, 0.3) is 0 Å². The Balaban J connectivity index is 2.26. The lowest BCUT2D eigenvalue weighted by atomic mass is 9.90. The minimum Gasteiger partial charge on any atom is -0.386 e. The number of rotatable bonds is 5. The van der Waals surface area contributed by atoms with E-state index < -0.39 is 5.54 Å². The first-order chi connectivity index (χ1) is 9.55. The van der Waals surface area contributed by atoms with E-state index in [-0.39, 0.29) is 5.82 Å². The van der Waals surface area contributed by atoms with Gasteiger partial charge in [-0.05, 0) is 31.4 Å². The lowest BCUT2D eigenvalue weighted by Crippen LogP contribution is -2.38. The molecule has 1 aliphatic heterocycles. The van der Waals surface area contributed by atoms with Gasteiger partial charge >= 0.3 is 0 Å². The smallest absolute Gasteiger partial charge is 0.128 e. The fraction of sp³-hybridized carbons (Fsp3) is 0.562. The monoisotopic (exact) mass is 278 g/mol. The normalized spacial score (nSPS) is 22.6. The Hall–Kier alpha value is -1.42. The minimum atomic E-state index is -0.715. The molecule has 1 aromatic carbocycles. The molecule has 20 heavy (non-hydrogen) atoms. The van der Waals surface area contributed by atoms with Gasteiger partial charge in [-0.15, -0.1) is 0 Å². The zero-order valence-corrected chi connectivity index (χ0v) is 12.3. The lowest BCUT2D eigenvalue weighted by Gasteiger charge is -2.30. The van der Waals surface area contributed by atoms with Gasteiger partial charge < -0.3 is 10.5 Å². The summed E-state index contributed by atoms with van der Waals surface area (Å²) in [6, 6.07) is 5.30. The number of aliphatic imine (C=N–C) groups is 1. The van der Waals surface area contributed by atoms with Gasteiger partial charge in [0.25, 0.3) is 0 Å². The molecular weight excluding hydrogens is 255 g/mol. The second-order valence-corrected chi connectivity index (χ2v) is 5.64. The Kier molecular flexibility index (Phi) is 4.76. The van der Waals surface area contributed by atoms with Gasteiger partial charge in [-0.3, -0.25) is 4.99 Å². The average Bonchev–Trinajstić information content (AvgIpc) is 2.40. The summed E-state index contributed by atoms with van der Waals surface area (Å²) in [6.07, 6.45) is 4.47. The summed E-state index contributed by atoms with van der Waals surface area (Å²) in [5.41, 5.74) is 6.75. The molecule has 0 fully saturated rings. The second-order valence-electron chi connectivity index (χ2n) is 5.64. The molecule has 1 heterocycles. The molecule has 0 spiro atoms. The number of halogens is 1. The molecule has 0 amide bonds. The molecule has 0 radical (unpaired) electrons. The summed E-state index contributed by atoms with van der Waals surface area (Å²) in [5.74, 6) is 0.184. The van der Waals surface area contributed by atoms with Gasteiger partial charge in [0.05, 0.1) is 6.61 Å². The number of ether oxygens (including phenoxy) is 1. The van der Waals surface area contributed by atoms with Crippen molar-refractivity contribution < 1.29 is 9.13 Å². The van der Waals surface area contributed by atoms with Crippen molar-refractivity contribution >= 4 is 5.84 Å². The largest absolute Gasteiger partial charge is 0.386 e. The third kappa shape index (κ3) is 3.37. The number of nitrogens with zero attached hydrogens (tertiary/aromatic N) is 1. The SMILES string of the molecule is CCCCCc1ccc(F)c([C@]2(C)COCC(N)=N2)c1. The number of unbranched alkanes of at least 4 members (excludes halogenated alkanes) is 2. The molecule has 2 rings (SSSR count). The number of nitrogens with two attached hydrogens (primary N) is 1. The summed E-state index contributed by atoms with van der Waals surface area (Å²) < 4.78 is 19.6. The molecule has 3 nitrogen and oxygen atoms in total. The highest BCUT2D eigenvalue weighted by Gasteiger charge is 2.32. The lowest BCUT2D eigenvalue weighted by molar-refractivity contribution is 0.104. The van der Waals surface area contributed by atoms with E-state index in [9.17, 15) is 4.39 Å². The van der Waals surface area contributed by atoms with E-state index in [1.807, 2.05) is 19.1 Å². The average molecular weight is 278 g/mol. The number of amidine groups is 1. The fourth-order valence-corrected chi connectivity index (χ4v) is 2.59. The first-order valence-corrected chi connectivity index (χ1v) is 7.26. The van der Waals surface area contributed by atoms with E-state index in [0.717, 1.165) is 18.4 Å². The molecule has 0 bridgehead atoms. The molecular formula is C16H23FN2O. The third-order valence-electron chi connectivity index (χ3n) is 3.70. The summed E-state index contributed by atoms with van der Waals surface area (Å²) in [5, 5.41) is 0. The van der Waals surface area contributed by atoms with Gasteiger partial charge in [0.1, 0.15) is 23.8 Å². The van der Waals surface area contributed by atoms with E-state index in [0.29, 0.717) is 24.6 Å². The van der Waals surface area contributed by atoms with E-state index in [2.05, 4.69) is 11.9 Å². The molecule has 110 valence electrons. The zero-order valence-electron chi connectivity index (χ0n) is 12.3. The number of hydrogen-bond acceptors (Lipinski definition) is 3. The van der Waals surface area contributed by atoms with Crippen molar-refractivity contribution in [3.63, 3.8) is 0 Å². The molecule has 0 saturated heterocycles. The third-order valence-corrected chi connectivity index (χ3v) is 3.70. The highest BCUT2D eigenvalue weighted by Crippen LogP contribution is 2.31. The van der Waals surface area contributed by atoms with Crippen LogP contribution in [0.15, 0.2) is 23.2 Å². The van der Waals surface area contributed by atoms with E-state index in [1.165, 1.54) is 18.9 Å². The first kappa shape index (κ1) is 15.0. The molecule has 1 aliphatic rings. The van der Waals surface area contributed by atoms with Crippen molar-refractivity contribution in [2.24, 2.45) is 10.7 Å². The van der Waals surface area contributed by atoms with Crippen LogP contribution in [0.1, 0.15) is 44.2 Å². The number of benzene rings is 1. The maximum atomic E-state index is 14.1. The van der Waals surface area contributed by atoms with Gasteiger partial charge in [0.15, 0.2) is 0 Å². The number of aryl methyl sites for hydroxylation is 1. The molecule has 0 aromatic heterocycles. The summed E-state index contributed by atoms with van der Waals surface area (Å²) in [6.45, 7) is 4.73. The quantitative estimate of drug-likeness (QED) is 0.841. The molecule has 0 saturated carbocycles. The van der Waals surface area contributed by atoms with Crippen LogP contribution in [-0.2, 0) is 16.7 Å². The minimum absolute atomic E-state index is 0.242.